The van der Waals surface area contributed by atoms with Gasteiger partial charge in [0.1, 0.15) is 17.9 Å². The van der Waals surface area contributed by atoms with E-state index in [2.05, 4.69) is 5.32 Å². The first-order chi connectivity index (χ1) is 13.5. The van der Waals surface area contributed by atoms with E-state index in [0.29, 0.717) is 0 Å². The maximum Gasteiger partial charge on any atom is 0.325 e. The van der Waals surface area contributed by atoms with Crippen LogP contribution in [0.4, 0.5) is 4.79 Å². The van der Waals surface area contributed by atoms with Gasteiger partial charge in [-0.3, -0.25) is 9.69 Å². The third-order valence-corrected chi connectivity index (χ3v) is 5.18. The van der Waals surface area contributed by atoms with Crippen LogP contribution in [-0.2, 0) is 10.3 Å². The summed E-state index contributed by atoms with van der Waals surface area (Å²) in [6.45, 7) is 4.18. The molecule has 0 saturated carbocycles. The topological polar surface area (TPSA) is 58.6 Å². The number of imide groups is 1. The lowest BCUT2D eigenvalue weighted by Gasteiger charge is -2.24. The van der Waals surface area contributed by atoms with Crippen molar-refractivity contribution >= 4 is 22.7 Å². The first kappa shape index (κ1) is 18.0. The van der Waals surface area contributed by atoms with Crippen LogP contribution in [0.5, 0.6) is 5.75 Å². The number of carbonyl (C=O) groups is 2. The molecule has 5 heteroatoms. The van der Waals surface area contributed by atoms with Crippen LogP contribution in [0.2, 0.25) is 0 Å². The molecule has 0 unspecified atom stereocenters. The standard InChI is InChI=1S/C23H22N2O3/c1-16-7-5-10-18(15-16)28-14-13-25-21(26)23(2,24-22(25)27)20-12-6-9-17-8-3-4-11-19(17)20/h3-12,15H,13-14H2,1-2H3,(H,24,27)/t23-/m0/s1. The van der Waals surface area contributed by atoms with Crippen molar-refractivity contribution in [1.29, 1.82) is 0 Å². The van der Waals surface area contributed by atoms with Crippen LogP contribution in [-0.4, -0.2) is 30.0 Å². The van der Waals surface area contributed by atoms with Crippen LogP contribution in [0.1, 0.15) is 18.1 Å². The van der Waals surface area contributed by atoms with E-state index in [9.17, 15) is 9.59 Å². The van der Waals surface area contributed by atoms with Crippen molar-refractivity contribution in [3.63, 3.8) is 0 Å². The second kappa shape index (κ2) is 7.00. The second-order valence-electron chi connectivity index (χ2n) is 7.20. The van der Waals surface area contributed by atoms with Gasteiger partial charge in [0.15, 0.2) is 0 Å². The molecule has 4 rings (SSSR count). The molecule has 0 aromatic heterocycles. The summed E-state index contributed by atoms with van der Waals surface area (Å²) in [5.41, 5.74) is 0.795. The number of carbonyl (C=O) groups excluding carboxylic acids is 2. The summed E-state index contributed by atoms with van der Waals surface area (Å²) in [5.74, 6) is 0.463. The van der Waals surface area contributed by atoms with Crippen LogP contribution in [0.3, 0.4) is 0 Å². The molecule has 1 heterocycles. The van der Waals surface area contributed by atoms with E-state index in [0.717, 1.165) is 27.6 Å². The van der Waals surface area contributed by atoms with Crippen LogP contribution < -0.4 is 10.1 Å². The van der Waals surface area contributed by atoms with Crippen molar-refractivity contribution in [3.8, 4) is 5.75 Å². The number of fused-ring (bicyclic) bond motifs is 1. The fourth-order valence-electron chi connectivity index (χ4n) is 3.70. The number of hydrogen-bond acceptors (Lipinski definition) is 3. The average Bonchev–Trinajstić information content (AvgIpc) is 2.91. The molecular weight excluding hydrogens is 352 g/mol. The Balaban J connectivity index is 1.54. The average molecular weight is 374 g/mol. The Kier molecular flexibility index (Phi) is 4.51. The highest BCUT2D eigenvalue weighted by Gasteiger charge is 2.49. The quantitative estimate of drug-likeness (QED) is 0.687. The molecule has 1 aliphatic heterocycles. The first-order valence-electron chi connectivity index (χ1n) is 9.31. The predicted octanol–water partition coefficient (Wildman–Crippen LogP) is 3.99. The fraction of sp³-hybridized carbons (Fsp3) is 0.217. The molecule has 1 aliphatic rings. The molecule has 28 heavy (non-hydrogen) atoms. The van der Waals surface area contributed by atoms with Gasteiger partial charge in [-0.2, -0.15) is 0 Å². The van der Waals surface area contributed by atoms with Gasteiger partial charge in [0.2, 0.25) is 0 Å². The van der Waals surface area contributed by atoms with Gasteiger partial charge >= 0.3 is 6.03 Å². The van der Waals surface area contributed by atoms with E-state index in [-0.39, 0.29) is 19.1 Å². The Hall–Kier alpha value is -3.34. The van der Waals surface area contributed by atoms with Gasteiger partial charge in [0.25, 0.3) is 5.91 Å². The predicted molar refractivity (Wildman–Crippen MR) is 108 cm³/mol. The summed E-state index contributed by atoms with van der Waals surface area (Å²) in [6.07, 6.45) is 0. The van der Waals surface area contributed by atoms with E-state index in [4.69, 9.17) is 4.74 Å². The first-order valence-corrected chi connectivity index (χ1v) is 9.31. The van der Waals surface area contributed by atoms with Crippen LogP contribution in [0.25, 0.3) is 10.8 Å². The van der Waals surface area contributed by atoms with Crippen molar-refractivity contribution in [2.75, 3.05) is 13.2 Å². The lowest BCUT2D eigenvalue weighted by atomic mass is 9.88. The highest BCUT2D eigenvalue weighted by atomic mass is 16.5. The van der Waals surface area contributed by atoms with E-state index in [1.807, 2.05) is 73.7 Å². The van der Waals surface area contributed by atoms with Crippen LogP contribution in [0.15, 0.2) is 66.7 Å². The SMILES string of the molecule is Cc1cccc(OCCN2C(=O)N[C@@](C)(c3cccc4ccccc34)C2=O)c1. The zero-order valence-corrected chi connectivity index (χ0v) is 15.9. The molecular formula is C23H22N2O3. The minimum Gasteiger partial charge on any atom is -0.492 e. The van der Waals surface area contributed by atoms with E-state index >= 15 is 0 Å². The Bertz CT molecular complexity index is 1060. The van der Waals surface area contributed by atoms with E-state index in [1.165, 1.54) is 4.90 Å². The Morgan fingerprint density at radius 1 is 1.00 bits per heavy atom. The third-order valence-electron chi connectivity index (χ3n) is 5.18. The van der Waals surface area contributed by atoms with Gasteiger partial charge in [-0.1, -0.05) is 54.6 Å². The summed E-state index contributed by atoms with van der Waals surface area (Å²) < 4.78 is 5.72. The number of nitrogens with one attached hydrogen (secondary N) is 1. The number of urea groups is 1. The molecule has 0 spiro atoms. The largest absolute Gasteiger partial charge is 0.492 e. The number of benzene rings is 3. The zero-order valence-electron chi connectivity index (χ0n) is 15.9. The van der Waals surface area contributed by atoms with Crippen molar-refractivity contribution in [1.82, 2.24) is 10.2 Å². The van der Waals surface area contributed by atoms with Gasteiger partial charge in [0, 0.05) is 0 Å². The van der Waals surface area contributed by atoms with Crippen molar-refractivity contribution < 1.29 is 14.3 Å². The molecule has 0 radical (unpaired) electrons. The molecule has 3 amide bonds. The number of aryl methyl sites for hydroxylation is 1. The summed E-state index contributed by atoms with van der Waals surface area (Å²) in [6, 6.07) is 20.9. The number of ether oxygens (including phenoxy) is 1. The van der Waals surface area contributed by atoms with Gasteiger partial charge in [0.05, 0.1) is 6.54 Å². The fourth-order valence-corrected chi connectivity index (χ4v) is 3.70. The molecule has 1 fully saturated rings. The molecule has 142 valence electrons. The lowest BCUT2D eigenvalue weighted by molar-refractivity contribution is -0.131. The molecule has 1 N–H and O–H groups in total. The number of hydrogen-bond donors (Lipinski definition) is 1. The summed E-state index contributed by atoms with van der Waals surface area (Å²) in [5, 5.41) is 4.87. The lowest BCUT2D eigenvalue weighted by Crippen LogP contribution is -2.41. The molecule has 0 bridgehead atoms. The maximum atomic E-state index is 13.2. The highest BCUT2D eigenvalue weighted by Crippen LogP contribution is 2.33. The maximum absolute atomic E-state index is 13.2. The minimum atomic E-state index is -1.10. The highest BCUT2D eigenvalue weighted by molar-refractivity contribution is 6.09. The normalized spacial score (nSPS) is 19.1. The molecule has 3 aromatic rings. The Morgan fingerprint density at radius 3 is 2.57 bits per heavy atom. The summed E-state index contributed by atoms with van der Waals surface area (Å²) >= 11 is 0. The summed E-state index contributed by atoms with van der Waals surface area (Å²) in [4.78, 5) is 26.9. The Labute approximate surface area is 163 Å². The smallest absolute Gasteiger partial charge is 0.325 e. The second-order valence-corrected chi connectivity index (χ2v) is 7.20. The molecule has 5 nitrogen and oxygen atoms in total. The number of rotatable bonds is 5. The van der Waals surface area contributed by atoms with Crippen LogP contribution in [0, 0.1) is 6.92 Å². The van der Waals surface area contributed by atoms with Crippen LogP contribution >= 0.6 is 0 Å². The molecule has 0 aliphatic carbocycles. The van der Waals surface area contributed by atoms with Crippen molar-refractivity contribution in [3.05, 3.63) is 77.9 Å². The number of amides is 3. The number of nitrogens with zero attached hydrogens (tertiary/aromatic N) is 1. The monoisotopic (exact) mass is 374 g/mol. The van der Waals surface area contributed by atoms with Gasteiger partial charge in [-0.25, -0.2) is 4.79 Å². The van der Waals surface area contributed by atoms with Gasteiger partial charge < -0.3 is 10.1 Å². The van der Waals surface area contributed by atoms with Gasteiger partial charge in [-0.15, -0.1) is 0 Å². The van der Waals surface area contributed by atoms with Crippen molar-refractivity contribution in [2.45, 2.75) is 19.4 Å². The molecule has 1 saturated heterocycles. The van der Waals surface area contributed by atoms with E-state index < -0.39 is 11.6 Å². The summed E-state index contributed by atoms with van der Waals surface area (Å²) in [7, 11) is 0. The van der Waals surface area contributed by atoms with Gasteiger partial charge in [-0.05, 0) is 47.9 Å². The zero-order chi connectivity index (χ0) is 19.7. The molecule has 1 atom stereocenters. The third kappa shape index (κ3) is 3.09. The Morgan fingerprint density at radius 2 is 1.75 bits per heavy atom. The molecule has 3 aromatic carbocycles. The van der Waals surface area contributed by atoms with Crippen molar-refractivity contribution in [2.24, 2.45) is 0 Å². The van der Waals surface area contributed by atoms with E-state index in [1.54, 1.807) is 6.92 Å². The minimum absolute atomic E-state index is 0.193.